The normalized spacial score (nSPS) is 15.7. The lowest BCUT2D eigenvalue weighted by Crippen LogP contribution is -2.38. The Morgan fingerprint density at radius 2 is 1.72 bits per heavy atom. The van der Waals surface area contributed by atoms with Gasteiger partial charge in [-0.3, -0.25) is 4.98 Å². The number of benzene rings is 3. The van der Waals surface area contributed by atoms with Crippen molar-refractivity contribution < 1.29 is 17.6 Å². The van der Waals surface area contributed by atoms with Gasteiger partial charge in [-0.1, -0.05) is 54.6 Å². The molecule has 1 saturated carbocycles. The molecular weight excluding hydrogens is 595 g/mol. The quantitative estimate of drug-likeness (QED) is 0.138. The zero-order valence-electron chi connectivity index (χ0n) is 24.5. The van der Waals surface area contributed by atoms with Crippen molar-refractivity contribution in [3.63, 3.8) is 0 Å². The molecule has 8 nitrogen and oxygen atoms in total. The molecule has 46 heavy (non-hydrogen) atoms. The third-order valence-electron chi connectivity index (χ3n) is 8.37. The number of aromatic nitrogens is 4. The molecule has 2 N–H and O–H groups in total. The molecule has 2 aromatic heterocycles. The van der Waals surface area contributed by atoms with Crippen LogP contribution in [0.4, 0.5) is 28.9 Å². The summed E-state index contributed by atoms with van der Waals surface area (Å²) < 4.78 is 56.5. The molecule has 3 aromatic carbocycles. The van der Waals surface area contributed by atoms with Crippen LogP contribution in [0.3, 0.4) is 0 Å². The van der Waals surface area contributed by atoms with Crippen LogP contribution in [0, 0.1) is 28.5 Å². The van der Waals surface area contributed by atoms with Crippen molar-refractivity contribution in [1.82, 2.24) is 20.0 Å². The monoisotopic (exact) mass is 620 g/mol. The Morgan fingerprint density at radius 3 is 2.33 bits per heavy atom. The predicted molar refractivity (Wildman–Crippen MR) is 164 cm³/mol. The van der Waals surface area contributed by atoms with Crippen LogP contribution in [-0.4, -0.2) is 34.0 Å². The van der Waals surface area contributed by atoms with Crippen molar-refractivity contribution in [2.45, 2.75) is 49.4 Å². The van der Waals surface area contributed by atoms with Gasteiger partial charge in [-0.2, -0.15) is 23.7 Å². The van der Waals surface area contributed by atoms with Crippen LogP contribution in [0.25, 0.3) is 10.9 Å². The van der Waals surface area contributed by atoms with Gasteiger partial charge in [0, 0.05) is 17.3 Å². The molecule has 1 aliphatic carbocycles. The third kappa shape index (κ3) is 5.28. The summed E-state index contributed by atoms with van der Waals surface area (Å²) in [6, 6.07) is 22.0. The number of hydrogen-bond acceptors (Lipinski definition) is 7. The lowest BCUT2D eigenvalue weighted by atomic mass is 9.69. The molecule has 0 amide bonds. The summed E-state index contributed by atoms with van der Waals surface area (Å²) in [6.45, 7) is 2.00. The van der Waals surface area contributed by atoms with Gasteiger partial charge in [0.15, 0.2) is 5.54 Å². The summed E-state index contributed by atoms with van der Waals surface area (Å²) in [4.78, 5) is 4.40. The fourth-order valence-corrected chi connectivity index (χ4v) is 5.62. The second-order valence-corrected chi connectivity index (χ2v) is 11.2. The predicted octanol–water partition coefficient (Wildman–Crippen LogP) is 6.81. The second-order valence-electron chi connectivity index (χ2n) is 11.2. The van der Waals surface area contributed by atoms with Gasteiger partial charge in [0.05, 0.1) is 40.0 Å². The minimum atomic E-state index is -4.55. The van der Waals surface area contributed by atoms with E-state index in [1.165, 1.54) is 36.5 Å². The summed E-state index contributed by atoms with van der Waals surface area (Å²) >= 11 is 0. The maximum Gasteiger partial charge on any atom is 0.413 e. The number of alkyl halides is 3. The Bertz CT molecular complexity index is 1990. The van der Waals surface area contributed by atoms with Gasteiger partial charge in [-0.15, -0.1) is 5.10 Å². The van der Waals surface area contributed by atoms with Crippen LogP contribution in [0.5, 0.6) is 0 Å². The van der Waals surface area contributed by atoms with Crippen LogP contribution >= 0.6 is 0 Å². The lowest BCUT2D eigenvalue weighted by Gasteiger charge is -2.32. The molecule has 2 atom stereocenters. The van der Waals surface area contributed by atoms with Crippen LogP contribution in [0.2, 0.25) is 0 Å². The SMILES string of the molecule is [B]C(Nc1cc(C#N)c2ncc(C#N)c(N[C@H](CC)c3ccccc3)c2c1)(c1ccc(F)cc1)c1cn(C2(C(F)(F)F)CC2)nn1. The average Bonchev–Trinajstić information content (AvgIpc) is 3.73. The number of halogens is 4. The summed E-state index contributed by atoms with van der Waals surface area (Å²) in [5, 5.41) is 35.0. The van der Waals surface area contributed by atoms with Gasteiger partial charge in [0.1, 0.15) is 31.5 Å². The topological polar surface area (TPSA) is 115 Å². The molecule has 1 aliphatic rings. The Hall–Kier alpha value is -5.43. The number of anilines is 2. The van der Waals surface area contributed by atoms with Crippen LogP contribution in [0.15, 0.2) is 79.1 Å². The molecule has 6 rings (SSSR count). The number of hydrogen-bond donors (Lipinski definition) is 2. The fraction of sp³-hybridized carbons (Fsp3) is 0.242. The van der Waals surface area contributed by atoms with Crippen molar-refractivity contribution >= 4 is 30.1 Å². The Morgan fingerprint density at radius 1 is 1.02 bits per heavy atom. The van der Waals surface area contributed by atoms with E-state index in [2.05, 4.69) is 38.1 Å². The van der Waals surface area contributed by atoms with Crippen molar-refractivity contribution in [3.8, 4) is 12.1 Å². The van der Waals surface area contributed by atoms with Crippen molar-refractivity contribution in [1.29, 1.82) is 10.5 Å². The number of nitrogens with zero attached hydrogens (tertiary/aromatic N) is 6. The maximum atomic E-state index is 14.0. The largest absolute Gasteiger partial charge is 0.413 e. The highest BCUT2D eigenvalue weighted by molar-refractivity contribution is 6.19. The fourth-order valence-electron chi connectivity index (χ4n) is 5.62. The minimum absolute atomic E-state index is 0.0642. The van der Waals surface area contributed by atoms with E-state index in [1.54, 1.807) is 6.07 Å². The molecule has 2 heterocycles. The first-order chi connectivity index (χ1) is 22.0. The Kier molecular flexibility index (Phi) is 7.65. The van der Waals surface area contributed by atoms with Gasteiger partial charge in [0.2, 0.25) is 0 Å². The van der Waals surface area contributed by atoms with E-state index in [1.807, 2.05) is 37.3 Å². The van der Waals surface area contributed by atoms with Crippen molar-refractivity contribution in [2.24, 2.45) is 0 Å². The van der Waals surface area contributed by atoms with Gasteiger partial charge in [0.25, 0.3) is 0 Å². The minimum Gasteiger partial charge on any atom is -0.378 e. The summed E-state index contributed by atoms with van der Waals surface area (Å²) in [7, 11) is 6.92. The molecule has 1 fully saturated rings. The summed E-state index contributed by atoms with van der Waals surface area (Å²) in [5.74, 6) is -0.545. The molecule has 228 valence electrons. The molecule has 1 unspecified atom stereocenters. The van der Waals surface area contributed by atoms with Gasteiger partial charge in [-0.25, -0.2) is 9.07 Å². The molecule has 0 aliphatic heterocycles. The second kappa shape index (κ2) is 11.5. The van der Waals surface area contributed by atoms with Crippen LogP contribution in [-0.2, 0) is 11.0 Å². The molecule has 2 radical (unpaired) electrons. The van der Waals surface area contributed by atoms with Crippen molar-refractivity contribution in [2.75, 3.05) is 10.6 Å². The molecule has 0 saturated heterocycles. The maximum absolute atomic E-state index is 14.0. The van der Waals surface area contributed by atoms with Crippen LogP contribution in [0.1, 0.15) is 60.2 Å². The summed E-state index contributed by atoms with van der Waals surface area (Å²) in [6.07, 6.45) is -1.64. The van der Waals surface area contributed by atoms with E-state index < -0.39 is 23.0 Å². The number of fused-ring (bicyclic) bond motifs is 1. The molecule has 0 bridgehead atoms. The Balaban J connectivity index is 1.49. The lowest BCUT2D eigenvalue weighted by molar-refractivity contribution is -0.182. The van der Waals surface area contributed by atoms with E-state index in [-0.39, 0.29) is 47.0 Å². The average molecular weight is 620 g/mol. The first-order valence-corrected chi connectivity index (χ1v) is 14.4. The van der Waals surface area contributed by atoms with E-state index >= 15 is 0 Å². The first-order valence-electron chi connectivity index (χ1n) is 14.4. The van der Waals surface area contributed by atoms with E-state index in [4.69, 9.17) is 7.85 Å². The number of rotatable bonds is 9. The number of nitrogens with one attached hydrogen (secondary N) is 2. The van der Waals surface area contributed by atoms with Gasteiger partial charge < -0.3 is 10.6 Å². The third-order valence-corrected chi connectivity index (χ3v) is 8.37. The van der Waals surface area contributed by atoms with E-state index in [0.717, 1.165) is 16.4 Å². The highest BCUT2D eigenvalue weighted by Gasteiger charge is 2.66. The van der Waals surface area contributed by atoms with Gasteiger partial charge >= 0.3 is 6.18 Å². The summed E-state index contributed by atoms with van der Waals surface area (Å²) in [5.41, 5.74) is -1.36. The zero-order chi connectivity index (χ0) is 32.7. The highest BCUT2D eigenvalue weighted by Crippen LogP contribution is 2.55. The first kappa shape index (κ1) is 30.6. The molecule has 5 aromatic rings. The zero-order valence-corrected chi connectivity index (χ0v) is 24.5. The van der Waals surface area contributed by atoms with E-state index in [9.17, 15) is 28.1 Å². The molecule has 0 spiro atoms. The Labute approximate surface area is 263 Å². The highest BCUT2D eigenvalue weighted by atomic mass is 19.4. The molecular formula is C33H25BF4N8. The smallest absolute Gasteiger partial charge is 0.378 e. The number of nitriles is 2. The number of pyridine rings is 1. The van der Waals surface area contributed by atoms with Gasteiger partial charge in [-0.05, 0) is 54.7 Å². The van der Waals surface area contributed by atoms with Crippen molar-refractivity contribution in [3.05, 3.63) is 113 Å². The van der Waals surface area contributed by atoms with E-state index in [0.29, 0.717) is 23.0 Å². The molecule has 13 heteroatoms. The standard InChI is InChI=1S/C33H25BF4N8/c1-2-27(20-6-4-3-5-7-20)42-30-22(17-40)18-41-29-21(16-39)14-25(15-26(29)30)43-32(34,23-8-10-24(35)11-9-23)28-19-46(45-44-28)31(12-13-31)33(36,37)38/h3-11,14-15,18-19,27,43H,2,12-13H2,1H3,(H,41,42)/t27-,32?/m1/s1. The van der Waals surface area contributed by atoms with Crippen LogP contribution < -0.4 is 10.6 Å².